The molecular weight excluding hydrogens is 214 g/mol. The molecule has 5 heteroatoms. The molecule has 88 valence electrons. The lowest BCUT2D eigenvalue weighted by atomic mass is 9.87. The van der Waals surface area contributed by atoms with E-state index in [0.717, 1.165) is 19.5 Å². The molecule has 2 fully saturated rings. The number of sulfone groups is 1. The predicted molar refractivity (Wildman–Crippen MR) is 58.6 cm³/mol. The first-order chi connectivity index (χ1) is 6.95. The summed E-state index contributed by atoms with van der Waals surface area (Å²) in [4.78, 5) is 0. The number of morpholine rings is 1. The van der Waals surface area contributed by atoms with Crippen molar-refractivity contribution in [1.29, 1.82) is 0 Å². The highest BCUT2D eigenvalue weighted by molar-refractivity contribution is 7.93. The molecule has 2 aliphatic heterocycles. The van der Waals surface area contributed by atoms with Gasteiger partial charge in [0.15, 0.2) is 9.84 Å². The third-order valence-electron chi connectivity index (χ3n) is 3.80. The molecule has 2 saturated heterocycles. The average Bonchev–Trinajstić information content (AvgIpc) is 2.39. The van der Waals surface area contributed by atoms with Gasteiger partial charge < -0.3 is 10.1 Å². The van der Waals surface area contributed by atoms with Crippen LogP contribution in [0.5, 0.6) is 0 Å². The third kappa shape index (κ3) is 1.81. The molecule has 2 unspecified atom stereocenters. The van der Waals surface area contributed by atoms with Gasteiger partial charge in [0.1, 0.15) is 0 Å². The zero-order valence-corrected chi connectivity index (χ0v) is 10.1. The van der Waals surface area contributed by atoms with E-state index >= 15 is 0 Å². The minimum Gasteiger partial charge on any atom is -0.375 e. The van der Waals surface area contributed by atoms with Crippen LogP contribution in [0, 0.1) is 5.92 Å². The SMILES string of the molecule is CC1(C)C(C2CNCCO2)CCS1(=O)=O. The molecule has 2 atom stereocenters. The number of nitrogens with one attached hydrogen (secondary N) is 1. The summed E-state index contributed by atoms with van der Waals surface area (Å²) < 4.78 is 28.8. The van der Waals surface area contributed by atoms with Crippen molar-refractivity contribution in [3.8, 4) is 0 Å². The molecule has 2 heterocycles. The van der Waals surface area contributed by atoms with Gasteiger partial charge in [-0.1, -0.05) is 0 Å². The smallest absolute Gasteiger partial charge is 0.155 e. The molecule has 2 aliphatic rings. The van der Waals surface area contributed by atoms with E-state index in [2.05, 4.69) is 5.32 Å². The molecule has 0 amide bonds. The summed E-state index contributed by atoms with van der Waals surface area (Å²) in [6, 6.07) is 0. The summed E-state index contributed by atoms with van der Waals surface area (Å²) in [7, 11) is -2.93. The molecule has 1 N–H and O–H groups in total. The van der Waals surface area contributed by atoms with Crippen LogP contribution in [-0.2, 0) is 14.6 Å². The Hall–Kier alpha value is -0.130. The van der Waals surface area contributed by atoms with Crippen LogP contribution in [0.3, 0.4) is 0 Å². The molecule has 0 aromatic carbocycles. The van der Waals surface area contributed by atoms with Crippen LogP contribution in [0.25, 0.3) is 0 Å². The van der Waals surface area contributed by atoms with Crippen LogP contribution < -0.4 is 5.32 Å². The quantitative estimate of drug-likeness (QED) is 0.702. The molecule has 0 saturated carbocycles. The highest BCUT2D eigenvalue weighted by atomic mass is 32.2. The number of hydrogen-bond donors (Lipinski definition) is 1. The largest absolute Gasteiger partial charge is 0.375 e. The fourth-order valence-corrected chi connectivity index (χ4v) is 4.42. The Morgan fingerprint density at radius 1 is 1.40 bits per heavy atom. The maximum atomic E-state index is 11.9. The number of hydrogen-bond acceptors (Lipinski definition) is 4. The molecule has 0 spiro atoms. The van der Waals surface area contributed by atoms with Crippen molar-refractivity contribution in [2.24, 2.45) is 5.92 Å². The summed E-state index contributed by atoms with van der Waals surface area (Å²) >= 11 is 0. The van der Waals surface area contributed by atoms with E-state index in [1.807, 2.05) is 13.8 Å². The van der Waals surface area contributed by atoms with E-state index in [-0.39, 0.29) is 12.0 Å². The summed E-state index contributed by atoms with van der Waals surface area (Å²) in [6.07, 6.45) is 0.799. The van der Waals surface area contributed by atoms with Crippen molar-refractivity contribution in [2.45, 2.75) is 31.1 Å². The lowest BCUT2D eigenvalue weighted by molar-refractivity contribution is -0.0160. The van der Waals surface area contributed by atoms with Crippen LogP contribution >= 0.6 is 0 Å². The topological polar surface area (TPSA) is 55.4 Å². The molecule has 15 heavy (non-hydrogen) atoms. The van der Waals surface area contributed by atoms with E-state index in [0.29, 0.717) is 12.4 Å². The maximum absolute atomic E-state index is 11.9. The van der Waals surface area contributed by atoms with E-state index in [9.17, 15) is 8.42 Å². The fraction of sp³-hybridized carbons (Fsp3) is 1.00. The Morgan fingerprint density at radius 2 is 2.13 bits per heavy atom. The average molecular weight is 233 g/mol. The van der Waals surface area contributed by atoms with Gasteiger partial charge in [-0.25, -0.2) is 8.42 Å². The third-order valence-corrected chi connectivity index (χ3v) is 6.48. The first-order valence-electron chi connectivity index (χ1n) is 5.50. The van der Waals surface area contributed by atoms with Gasteiger partial charge in [0.25, 0.3) is 0 Å². The van der Waals surface area contributed by atoms with E-state index in [4.69, 9.17) is 4.74 Å². The van der Waals surface area contributed by atoms with Gasteiger partial charge in [0.05, 0.1) is 23.2 Å². The van der Waals surface area contributed by atoms with Crippen LogP contribution in [-0.4, -0.2) is 44.7 Å². The Balaban J connectivity index is 2.17. The van der Waals surface area contributed by atoms with Gasteiger partial charge in [-0.05, 0) is 20.3 Å². The van der Waals surface area contributed by atoms with E-state index in [1.165, 1.54) is 0 Å². The van der Waals surface area contributed by atoms with E-state index < -0.39 is 14.6 Å². The van der Waals surface area contributed by atoms with Crippen molar-refractivity contribution < 1.29 is 13.2 Å². The second kappa shape index (κ2) is 3.71. The molecule has 0 aromatic heterocycles. The second-order valence-corrected chi connectivity index (χ2v) is 7.62. The molecule has 0 aliphatic carbocycles. The van der Waals surface area contributed by atoms with E-state index in [1.54, 1.807) is 0 Å². The van der Waals surface area contributed by atoms with Crippen molar-refractivity contribution in [2.75, 3.05) is 25.4 Å². The van der Waals surface area contributed by atoms with Crippen molar-refractivity contribution in [3.63, 3.8) is 0 Å². The highest BCUT2D eigenvalue weighted by Gasteiger charge is 2.51. The van der Waals surface area contributed by atoms with Crippen LogP contribution in [0.15, 0.2) is 0 Å². The zero-order chi connectivity index (χ0) is 11.1. The summed E-state index contributed by atoms with van der Waals surface area (Å²) in [6.45, 7) is 6.01. The molecular formula is C10H19NO3S. The molecule has 4 nitrogen and oxygen atoms in total. The minimum atomic E-state index is -2.93. The van der Waals surface area contributed by atoms with Gasteiger partial charge in [-0.2, -0.15) is 0 Å². The zero-order valence-electron chi connectivity index (χ0n) is 9.32. The summed E-state index contributed by atoms with van der Waals surface area (Å²) in [5.74, 6) is 0.445. The monoisotopic (exact) mass is 233 g/mol. The van der Waals surface area contributed by atoms with Gasteiger partial charge >= 0.3 is 0 Å². The Labute approximate surface area is 91.3 Å². The fourth-order valence-electron chi connectivity index (χ4n) is 2.60. The van der Waals surface area contributed by atoms with Crippen molar-refractivity contribution in [3.05, 3.63) is 0 Å². The predicted octanol–water partition coefficient (Wildman–Crippen LogP) is 0.188. The second-order valence-electron chi connectivity index (χ2n) is 4.93. The molecule has 0 bridgehead atoms. The standard InChI is InChI=1S/C10H19NO3S/c1-10(2)8(3-6-15(10,12)13)9-7-11-4-5-14-9/h8-9,11H,3-7H2,1-2H3. The van der Waals surface area contributed by atoms with Gasteiger partial charge in [0, 0.05) is 19.0 Å². The van der Waals surface area contributed by atoms with Crippen molar-refractivity contribution >= 4 is 9.84 Å². The van der Waals surface area contributed by atoms with Crippen LogP contribution in [0.4, 0.5) is 0 Å². The molecule has 0 radical (unpaired) electrons. The van der Waals surface area contributed by atoms with Gasteiger partial charge in [-0.3, -0.25) is 0 Å². The van der Waals surface area contributed by atoms with Crippen LogP contribution in [0.2, 0.25) is 0 Å². The number of ether oxygens (including phenoxy) is 1. The molecule has 0 aromatic rings. The highest BCUT2D eigenvalue weighted by Crippen LogP contribution is 2.40. The lowest BCUT2D eigenvalue weighted by Crippen LogP contribution is -2.48. The van der Waals surface area contributed by atoms with Gasteiger partial charge in [-0.15, -0.1) is 0 Å². The first kappa shape index (κ1) is 11.4. The molecule has 2 rings (SSSR count). The Kier molecular flexibility index (Phi) is 2.81. The summed E-state index contributed by atoms with van der Waals surface area (Å²) in [5, 5.41) is 3.26. The maximum Gasteiger partial charge on any atom is 0.155 e. The minimum absolute atomic E-state index is 0.0611. The summed E-state index contributed by atoms with van der Waals surface area (Å²) in [5.41, 5.74) is 0. The Morgan fingerprint density at radius 3 is 2.60 bits per heavy atom. The number of rotatable bonds is 1. The Bertz CT molecular complexity index is 331. The van der Waals surface area contributed by atoms with Gasteiger partial charge in [0.2, 0.25) is 0 Å². The van der Waals surface area contributed by atoms with Crippen molar-refractivity contribution in [1.82, 2.24) is 5.32 Å². The first-order valence-corrected chi connectivity index (χ1v) is 7.15. The normalized spacial score (nSPS) is 39.1. The van der Waals surface area contributed by atoms with Crippen LogP contribution in [0.1, 0.15) is 20.3 Å². The lowest BCUT2D eigenvalue weighted by Gasteiger charge is -2.35.